The van der Waals surface area contributed by atoms with E-state index in [9.17, 15) is 4.79 Å². The molecule has 0 aliphatic carbocycles. The quantitative estimate of drug-likeness (QED) is 0.548. The minimum Gasteiger partial charge on any atom is -0.495 e. The predicted octanol–water partition coefficient (Wildman–Crippen LogP) is 4.89. The van der Waals surface area contributed by atoms with Crippen molar-refractivity contribution in [1.29, 1.82) is 0 Å². The zero-order valence-corrected chi connectivity index (χ0v) is 16.5. The van der Waals surface area contributed by atoms with Crippen molar-refractivity contribution in [2.24, 2.45) is 0 Å². The molecule has 3 rings (SSSR count). The number of anilines is 5. The smallest absolute Gasteiger partial charge is 0.229 e. The Kier molecular flexibility index (Phi) is 5.96. The first kappa shape index (κ1) is 19.4. The molecule has 7 nitrogen and oxygen atoms in total. The van der Waals surface area contributed by atoms with Gasteiger partial charge in [0.1, 0.15) is 11.6 Å². The Morgan fingerprint density at radius 3 is 2.46 bits per heavy atom. The molecule has 0 radical (unpaired) electrons. The van der Waals surface area contributed by atoms with Gasteiger partial charge in [-0.3, -0.25) is 4.79 Å². The molecule has 0 aliphatic heterocycles. The van der Waals surface area contributed by atoms with Gasteiger partial charge in [-0.15, -0.1) is 0 Å². The lowest BCUT2D eigenvalue weighted by Crippen LogP contribution is -2.05. The van der Waals surface area contributed by atoms with E-state index < -0.39 is 0 Å². The minimum atomic E-state index is -0.111. The zero-order chi connectivity index (χ0) is 20.1. The highest BCUT2D eigenvalue weighted by Crippen LogP contribution is 2.32. The number of amides is 1. The lowest BCUT2D eigenvalue weighted by molar-refractivity contribution is -0.114. The van der Waals surface area contributed by atoms with Crippen LogP contribution in [0.15, 0.2) is 48.7 Å². The normalized spacial score (nSPS) is 10.3. The molecule has 144 valence electrons. The first-order valence-corrected chi connectivity index (χ1v) is 8.91. The van der Waals surface area contributed by atoms with E-state index in [1.54, 1.807) is 25.4 Å². The number of hydrogen-bond acceptors (Lipinski definition) is 6. The third kappa shape index (κ3) is 4.89. The zero-order valence-electron chi connectivity index (χ0n) is 15.7. The predicted molar refractivity (Wildman–Crippen MR) is 112 cm³/mol. The molecule has 3 aromatic rings. The molecule has 0 bridgehead atoms. The fourth-order valence-corrected chi connectivity index (χ4v) is 2.68. The molecule has 0 atom stereocenters. The van der Waals surface area contributed by atoms with Crippen LogP contribution in [0.25, 0.3) is 0 Å². The van der Waals surface area contributed by atoms with Gasteiger partial charge >= 0.3 is 0 Å². The lowest BCUT2D eigenvalue weighted by atomic mass is 10.2. The molecule has 2 aromatic carbocycles. The van der Waals surface area contributed by atoms with Crippen LogP contribution < -0.4 is 20.7 Å². The molecule has 0 unspecified atom stereocenters. The van der Waals surface area contributed by atoms with Gasteiger partial charge in [-0.25, -0.2) is 4.98 Å². The molecule has 1 aromatic heterocycles. The van der Waals surface area contributed by atoms with E-state index in [0.29, 0.717) is 22.5 Å². The van der Waals surface area contributed by atoms with Crippen LogP contribution in [-0.2, 0) is 4.79 Å². The summed E-state index contributed by atoms with van der Waals surface area (Å²) < 4.78 is 5.37. The molecule has 0 aliphatic rings. The molecule has 1 heterocycles. The van der Waals surface area contributed by atoms with Gasteiger partial charge in [0, 0.05) is 35.6 Å². The van der Waals surface area contributed by atoms with Gasteiger partial charge in [0.25, 0.3) is 0 Å². The van der Waals surface area contributed by atoms with Crippen molar-refractivity contribution in [2.75, 3.05) is 23.1 Å². The standard InChI is InChI=1S/C20H20ClN5O2/c1-12-10-17(18(28-3)11-16(12)21)25-20-22-9-8-19(26-20)24-15-6-4-14(5-7-15)23-13(2)27/h4-11H,1-3H3,(H,23,27)(H2,22,24,25,26). The van der Waals surface area contributed by atoms with Gasteiger partial charge in [0.2, 0.25) is 11.9 Å². The van der Waals surface area contributed by atoms with Crippen molar-refractivity contribution < 1.29 is 9.53 Å². The van der Waals surface area contributed by atoms with Gasteiger partial charge in [-0.2, -0.15) is 4.98 Å². The molecule has 0 spiro atoms. The number of aromatic nitrogens is 2. The van der Waals surface area contributed by atoms with Crippen LogP contribution in [0.2, 0.25) is 5.02 Å². The molecule has 1 amide bonds. The van der Waals surface area contributed by atoms with Crippen molar-refractivity contribution >= 4 is 46.3 Å². The Hall–Kier alpha value is -3.32. The van der Waals surface area contributed by atoms with Crippen LogP contribution in [0.4, 0.5) is 28.8 Å². The number of aryl methyl sites for hydroxylation is 1. The fourth-order valence-electron chi connectivity index (χ4n) is 2.53. The summed E-state index contributed by atoms with van der Waals surface area (Å²) in [6, 6.07) is 12.7. The van der Waals surface area contributed by atoms with Crippen molar-refractivity contribution in [3.63, 3.8) is 0 Å². The van der Waals surface area contributed by atoms with Gasteiger partial charge < -0.3 is 20.7 Å². The minimum absolute atomic E-state index is 0.111. The van der Waals surface area contributed by atoms with Crippen molar-refractivity contribution in [3.8, 4) is 5.75 Å². The average molecular weight is 398 g/mol. The molecule has 0 saturated carbocycles. The van der Waals surface area contributed by atoms with Gasteiger partial charge in [0.15, 0.2) is 0 Å². The van der Waals surface area contributed by atoms with E-state index in [0.717, 1.165) is 22.6 Å². The summed E-state index contributed by atoms with van der Waals surface area (Å²) in [6.45, 7) is 3.38. The summed E-state index contributed by atoms with van der Waals surface area (Å²) in [7, 11) is 1.58. The third-order valence-electron chi connectivity index (χ3n) is 3.86. The maximum absolute atomic E-state index is 11.1. The molecular formula is C20H20ClN5O2. The Balaban J connectivity index is 1.76. The van der Waals surface area contributed by atoms with Gasteiger partial charge in [-0.05, 0) is 48.9 Å². The molecule has 28 heavy (non-hydrogen) atoms. The van der Waals surface area contributed by atoms with Crippen LogP contribution in [-0.4, -0.2) is 23.0 Å². The van der Waals surface area contributed by atoms with E-state index in [-0.39, 0.29) is 5.91 Å². The van der Waals surface area contributed by atoms with E-state index >= 15 is 0 Å². The lowest BCUT2D eigenvalue weighted by Gasteiger charge is -2.13. The van der Waals surface area contributed by atoms with Crippen LogP contribution in [0.3, 0.4) is 0 Å². The topological polar surface area (TPSA) is 88.2 Å². The highest BCUT2D eigenvalue weighted by atomic mass is 35.5. The Morgan fingerprint density at radius 1 is 1.07 bits per heavy atom. The number of nitrogens with one attached hydrogen (secondary N) is 3. The van der Waals surface area contributed by atoms with E-state index in [4.69, 9.17) is 16.3 Å². The number of carbonyl (C=O) groups is 1. The molecular weight excluding hydrogens is 378 g/mol. The molecule has 3 N–H and O–H groups in total. The summed E-state index contributed by atoms with van der Waals surface area (Å²) >= 11 is 6.15. The second-order valence-electron chi connectivity index (χ2n) is 6.08. The van der Waals surface area contributed by atoms with Gasteiger partial charge in [0.05, 0.1) is 12.8 Å². The second kappa shape index (κ2) is 8.58. The van der Waals surface area contributed by atoms with Crippen LogP contribution in [0.1, 0.15) is 12.5 Å². The Bertz CT molecular complexity index is 992. The first-order chi connectivity index (χ1) is 13.4. The summed E-state index contributed by atoms with van der Waals surface area (Å²) in [5.41, 5.74) is 3.20. The SMILES string of the molecule is COc1cc(Cl)c(C)cc1Nc1nccc(Nc2ccc(NC(C)=O)cc2)n1. The third-order valence-corrected chi connectivity index (χ3v) is 4.27. The fraction of sp³-hybridized carbons (Fsp3) is 0.150. The van der Waals surface area contributed by atoms with Crippen LogP contribution in [0.5, 0.6) is 5.75 Å². The molecule has 0 saturated heterocycles. The van der Waals surface area contributed by atoms with Crippen LogP contribution >= 0.6 is 11.6 Å². The second-order valence-corrected chi connectivity index (χ2v) is 6.48. The average Bonchev–Trinajstić information content (AvgIpc) is 2.66. The van der Waals surface area contributed by atoms with E-state index in [1.165, 1.54) is 6.92 Å². The van der Waals surface area contributed by atoms with Crippen molar-refractivity contribution in [1.82, 2.24) is 9.97 Å². The highest BCUT2D eigenvalue weighted by Gasteiger charge is 2.09. The van der Waals surface area contributed by atoms with Crippen LogP contribution in [0, 0.1) is 6.92 Å². The maximum atomic E-state index is 11.1. The van der Waals surface area contributed by atoms with E-state index in [2.05, 4.69) is 25.9 Å². The summed E-state index contributed by atoms with van der Waals surface area (Å²) in [5, 5.41) is 9.71. The highest BCUT2D eigenvalue weighted by molar-refractivity contribution is 6.31. The monoisotopic (exact) mass is 397 g/mol. The van der Waals surface area contributed by atoms with E-state index in [1.807, 2.05) is 37.3 Å². The van der Waals surface area contributed by atoms with Crippen molar-refractivity contribution in [2.45, 2.75) is 13.8 Å². The first-order valence-electron chi connectivity index (χ1n) is 8.53. The molecule has 8 heteroatoms. The number of rotatable bonds is 6. The van der Waals surface area contributed by atoms with Crippen molar-refractivity contribution in [3.05, 3.63) is 59.2 Å². The number of halogens is 1. The number of carbonyl (C=O) groups excluding carboxylic acids is 1. The summed E-state index contributed by atoms with van der Waals surface area (Å²) in [4.78, 5) is 19.8. The molecule has 0 fully saturated rings. The van der Waals surface area contributed by atoms with Gasteiger partial charge in [-0.1, -0.05) is 11.6 Å². The largest absolute Gasteiger partial charge is 0.495 e. The Morgan fingerprint density at radius 2 is 1.79 bits per heavy atom. The summed E-state index contributed by atoms with van der Waals surface area (Å²) in [5.74, 6) is 1.53. The number of nitrogens with zero attached hydrogens (tertiary/aromatic N) is 2. The number of methoxy groups -OCH3 is 1. The maximum Gasteiger partial charge on any atom is 0.229 e. The number of hydrogen-bond donors (Lipinski definition) is 3. The summed E-state index contributed by atoms with van der Waals surface area (Å²) in [6.07, 6.45) is 1.65. The Labute approximate surface area is 168 Å². The number of benzene rings is 2. The number of ether oxygens (including phenoxy) is 1.